The zero-order valence-electron chi connectivity index (χ0n) is 10.7. The predicted molar refractivity (Wildman–Crippen MR) is 86.3 cm³/mol. The summed E-state index contributed by atoms with van der Waals surface area (Å²) in [6.07, 6.45) is 0. The van der Waals surface area contributed by atoms with Crippen LogP contribution in [0.2, 0.25) is 5.02 Å². The van der Waals surface area contributed by atoms with Crippen LogP contribution in [0.4, 0.5) is 0 Å². The molecule has 0 bridgehead atoms. The van der Waals surface area contributed by atoms with Crippen LogP contribution in [0.5, 0.6) is 0 Å². The van der Waals surface area contributed by atoms with Crippen molar-refractivity contribution in [3.8, 4) is 11.3 Å². The van der Waals surface area contributed by atoms with Gasteiger partial charge in [-0.25, -0.2) is 0 Å². The molecule has 1 nitrogen and oxygen atoms in total. The van der Waals surface area contributed by atoms with Crippen molar-refractivity contribution < 1.29 is 0 Å². The second-order valence-electron chi connectivity index (χ2n) is 4.98. The molecule has 1 heterocycles. The molecule has 96 valence electrons. The van der Waals surface area contributed by atoms with Crippen molar-refractivity contribution in [2.24, 2.45) is 0 Å². The molecule has 0 saturated carbocycles. The molecule has 0 spiro atoms. The number of fused-ring (bicyclic) bond motifs is 2. The van der Waals surface area contributed by atoms with Crippen molar-refractivity contribution in [1.82, 2.24) is 4.98 Å². The maximum Gasteiger partial charge on any atom is 0.0465 e. The number of halogens is 1. The third-order valence-electron chi connectivity index (χ3n) is 3.64. The molecule has 20 heavy (non-hydrogen) atoms. The highest BCUT2D eigenvalue weighted by atomic mass is 35.5. The van der Waals surface area contributed by atoms with E-state index in [0.29, 0.717) is 0 Å². The molecule has 0 radical (unpaired) electrons. The lowest BCUT2D eigenvalue weighted by Gasteiger charge is -2.01. The molecule has 0 aliphatic carbocycles. The van der Waals surface area contributed by atoms with Crippen LogP contribution >= 0.6 is 11.6 Å². The minimum Gasteiger partial charge on any atom is -0.355 e. The van der Waals surface area contributed by atoms with Gasteiger partial charge in [0.15, 0.2) is 0 Å². The fraction of sp³-hybridized carbons (Fsp3) is 0. The molecule has 0 amide bonds. The third kappa shape index (κ3) is 1.87. The standard InChI is InChI=1S/C18H12ClN/c19-16-7-8-17-15(10-16)11-18(20-17)14-6-5-12-3-1-2-4-13(12)9-14/h1-11,20H. The van der Waals surface area contributed by atoms with Crippen LogP contribution in [0.1, 0.15) is 0 Å². The predicted octanol–water partition coefficient (Wildman–Crippen LogP) is 5.64. The van der Waals surface area contributed by atoms with Crippen molar-refractivity contribution >= 4 is 33.3 Å². The molecule has 4 rings (SSSR count). The summed E-state index contributed by atoms with van der Waals surface area (Å²) < 4.78 is 0. The molecule has 3 aromatic carbocycles. The molecule has 0 fully saturated rings. The van der Waals surface area contributed by atoms with E-state index in [1.807, 2.05) is 18.2 Å². The summed E-state index contributed by atoms with van der Waals surface area (Å²) in [6, 6.07) is 23.0. The Morgan fingerprint density at radius 2 is 1.55 bits per heavy atom. The van der Waals surface area contributed by atoms with E-state index < -0.39 is 0 Å². The molecule has 0 unspecified atom stereocenters. The molecule has 0 saturated heterocycles. The van der Waals surface area contributed by atoms with Crippen LogP contribution in [0.15, 0.2) is 66.7 Å². The molecule has 2 heteroatoms. The van der Waals surface area contributed by atoms with Crippen LogP contribution in [0.3, 0.4) is 0 Å². The first kappa shape index (κ1) is 11.6. The molecule has 1 aromatic heterocycles. The van der Waals surface area contributed by atoms with Gasteiger partial charge >= 0.3 is 0 Å². The Balaban J connectivity index is 1.91. The van der Waals surface area contributed by atoms with Crippen molar-refractivity contribution in [1.29, 1.82) is 0 Å². The Morgan fingerprint density at radius 1 is 0.700 bits per heavy atom. The first-order valence-corrected chi connectivity index (χ1v) is 6.95. The Morgan fingerprint density at radius 3 is 2.45 bits per heavy atom. The highest BCUT2D eigenvalue weighted by Crippen LogP contribution is 2.28. The Kier molecular flexibility index (Phi) is 2.54. The number of benzene rings is 3. The van der Waals surface area contributed by atoms with Gasteiger partial charge in [0.25, 0.3) is 0 Å². The van der Waals surface area contributed by atoms with E-state index in [9.17, 15) is 0 Å². The second-order valence-corrected chi connectivity index (χ2v) is 5.41. The average Bonchev–Trinajstić information content (AvgIpc) is 2.89. The van der Waals surface area contributed by atoms with E-state index in [1.54, 1.807) is 0 Å². The maximum absolute atomic E-state index is 6.04. The van der Waals surface area contributed by atoms with E-state index >= 15 is 0 Å². The smallest absolute Gasteiger partial charge is 0.0465 e. The number of hydrogen-bond donors (Lipinski definition) is 1. The van der Waals surface area contributed by atoms with E-state index in [0.717, 1.165) is 21.6 Å². The minimum atomic E-state index is 0.765. The van der Waals surface area contributed by atoms with Gasteiger partial charge in [-0.05, 0) is 46.7 Å². The third-order valence-corrected chi connectivity index (χ3v) is 3.88. The van der Waals surface area contributed by atoms with E-state index in [-0.39, 0.29) is 0 Å². The zero-order valence-corrected chi connectivity index (χ0v) is 11.5. The van der Waals surface area contributed by atoms with E-state index in [1.165, 1.54) is 16.3 Å². The lowest BCUT2D eigenvalue weighted by molar-refractivity contribution is 1.46. The molecular weight excluding hydrogens is 266 g/mol. The summed E-state index contributed by atoms with van der Waals surface area (Å²) in [6.45, 7) is 0. The second kappa shape index (κ2) is 4.39. The van der Waals surface area contributed by atoms with Crippen molar-refractivity contribution in [2.45, 2.75) is 0 Å². The number of nitrogens with one attached hydrogen (secondary N) is 1. The molecule has 0 aliphatic rings. The number of aromatic nitrogens is 1. The summed E-state index contributed by atoms with van der Waals surface area (Å²) in [4.78, 5) is 3.45. The van der Waals surface area contributed by atoms with Gasteiger partial charge in [0, 0.05) is 21.6 Å². The summed E-state index contributed by atoms with van der Waals surface area (Å²) >= 11 is 6.04. The first-order valence-electron chi connectivity index (χ1n) is 6.57. The van der Waals surface area contributed by atoms with Crippen LogP contribution < -0.4 is 0 Å². The molecule has 4 aromatic rings. The van der Waals surface area contributed by atoms with Crippen molar-refractivity contribution in [3.05, 3.63) is 71.8 Å². The normalized spacial score (nSPS) is 11.2. The lowest BCUT2D eigenvalue weighted by atomic mass is 10.1. The first-order chi connectivity index (χ1) is 9.79. The number of aromatic amines is 1. The summed E-state index contributed by atoms with van der Waals surface area (Å²) in [5.74, 6) is 0. The van der Waals surface area contributed by atoms with Gasteiger partial charge in [-0.1, -0.05) is 48.0 Å². The van der Waals surface area contributed by atoms with Gasteiger partial charge in [-0.3, -0.25) is 0 Å². The maximum atomic E-state index is 6.04. The van der Waals surface area contributed by atoms with Gasteiger partial charge in [0.05, 0.1) is 0 Å². The molecule has 0 aliphatic heterocycles. The van der Waals surface area contributed by atoms with E-state index in [4.69, 9.17) is 11.6 Å². The van der Waals surface area contributed by atoms with E-state index in [2.05, 4.69) is 53.5 Å². The van der Waals surface area contributed by atoms with Gasteiger partial charge in [0.2, 0.25) is 0 Å². The van der Waals surface area contributed by atoms with Crippen molar-refractivity contribution in [2.75, 3.05) is 0 Å². The van der Waals surface area contributed by atoms with Crippen LogP contribution in [-0.4, -0.2) is 4.98 Å². The monoisotopic (exact) mass is 277 g/mol. The largest absolute Gasteiger partial charge is 0.355 e. The molecule has 0 atom stereocenters. The Bertz CT molecular complexity index is 921. The average molecular weight is 278 g/mol. The Hall–Kier alpha value is -2.25. The SMILES string of the molecule is Clc1ccc2[nH]c(-c3ccc4ccccc4c3)cc2c1. The van der Waals surface area contributed by atoms with Gasteiger partial charge in [0.1, 0.15) is 0 Å². The minimum absolute atomic E-state index is 0.765. The van der Waals surface area contributed by atoms with Gasteiger partial charge < -0.3 is 4.98 Å². The summed E-state index contributed by atoms with van der Waals surface area (Å²) in [5.41, 5.74) is 3.42. The summed E-state index contributed by atoms with van der Waals surface area (Å²) in [7, 11) is 0. The number of hydrogen-bond acceptors (Lipinski definition) is 0. The van der Waals surface area contributed by atoms with Crippen LogP contribution in [-0.2, 0) is 0 Å². The highest BCUT2D eigenvalue weighted by molar-refractivity contribution is 6.31. The highest BCUT2D eigenvalue weighted by Gasteiger charge is 2.04. The quantitative estimate of drug-likeness (QED) is 0.463. The Labute approximate surface area is 121 Å². The number of rotatable bonds is 1. The topological polar surface area (TPSA) is 15.8 Å². The van der Waals surface area contributed by atoms with Crippen molar-refractivity contribution in [3.63, 3.8) is 0 Å². The fourth-order valence-electron chi connectivity index (χ4n) is 2.62. The van der Waals surface area contributed by atoms with Crippen LogP contribution in [0.25, 0.3) is 32.9 Å². The fourth-order valence-corrected chi connectivity index (χ4v) is 2.80. The van der Waals surface area contributed by atoms with Gasteiger partial charge in [-0.15, -0.1) is 0 Å². The molecular formula is C18H12ClN. The number of H-pyrrole nitrogens is 1. The van der Waals surface area contributed by atoms with Gasteiger partial charge in [-0.2, -0.15) is 0 Å². The van der Waals surface area contributed by atoms with Crippen LogP contribution in [0, 0.1) is 0 Å². The molecule has 1 N–H and O–H groups in total. The lowest BCUT2D eigenvalue weighted by Crippen LogP contribution is -1.78. The zero-order chi connectivity index (χ0) is 13.5. The summed E-state index contributed by atoms with van der Waals surface area (Å²) in [5, 5.41) is 4.42.